The number of nitrogens with one attached hydrogen (secondary N) is 1. The van der Waals surface area contributed by atoms with Gasteiger partial charge in [-0.25, -0.2) is 9.59 Å². The monoisotopic (exact) mass is 276 g/mol. The van der Waals surface area contributed by atoms with Crippen molar-refractivity contribution in [2.75, 3.05) is 13.1 Å². The minimum Gasteiger partial charge on any atom is -0.479 e. The number of carboxylic acid groups (broad SMARTS) is 1. The highest BCUT2D eigenvalue weighted by Gasteiger charge is 2.33. The third-order valence-corrected chi connectivity index (χ3v) is 3.61. The zero-order valence-corrected chi connectivity index (χ0v) is 11.8. The van der Waals surface area contributed by atoms with Gasteiger partial charge in [-0.05, 0) is 17.4 Å². The van der Waals surface area contributed by atoms with E-state index in [1.165, 1.54) is 0 Å². The summed E-state index contributed by atoms with van der Waals surface area (Å²) in [7, 11) is 0. The van der Waals surface area contributed by atoms with Gasteiger partial charge in [0.15, 0.2) is 6.04 Å². The quantitative estimate of drug-likeness (QED) is 0.889. The van der Waals surface area contributed by atoms with Gasteiger partial charge < -0.3 is 15.3 Å². The van der Waals surface area contributed by atoms with Gasteiger partial charge in [-0.1, -0.05) is 44.2 Å². The fourth-order valence-electron chi connectivity index (χ4n) is 2.43. The van der Waals surface area contributed by atoms with Crippen molar-refractivity contribution in [1.82, 2.24) is 10.2 Å². The summed E-state index contributed by atoms with van der Waals surface area (Å²) in [5.41, 5.74) is 0.676. The summed E-state index contributed by atoms with van der Waals surface area (Å²) < 4.78 is 0. The number of likely N-dealkylation sites (tertiary alicyclic amines) is 1. The summed E-state index contributed by atoms with van der Waals surface area (Å²) in [6.07, 6.45) is 0.934. The molecule has 5 heteroatoms. The molecule has 0 unspecified atom stereocenters. The molecule has 1 aromatic rings. The Bertz CT molecular complexity index is 499. The Balaban J connectivity index is 2.06. The average molecular weight is 276 g/mol. The molecular weight excluding hydrogens is 256 g/mol. The van der Waals surface area contributed by atoms with Crippen molar-refractivity contribution in [3.05, 3.63) is 35.9 Å². The van der Waals surface area contributed by atoms with Crippen LogP contribution in [0.2, 0.25) is 0 Å². The van der Waals surface area contributed by atoms with E-state index in [-0.39, 0.29) is 11.4 Å². The molecule has 0 bridgehead atoms. The highest BCUT2D eigenvalue weighted by Crippen LogP contribution is 2.29. The first-order valence-corrected chi connectivity index (χ1v) is 6.72. The molecule has 2 amide bonds. The lowest BCUT2D eigenvalue weighted by Gasteiger charge is -2.23. The van der Waals surface area contributed by atoms with Crippen LogP contribution in [-0.2, 0) is 4.79 Å². The summed E-state index contributed by atoms with van der Waals surface area (Å²) in [5, 5.41) is 11.9. The van der Waals surface area contributed by atoms with Gasteiger partial charge in [0.1, 0.15) is 0 Å². The van der Waals surface area contributed by atoms with Crippen LogP contribution in [-0.4, -0.2) is 35.1 Å². The maximum absolute atomic E-state index is 12.2. The molecule has 1 aromatic carbocycles. The Morgan fingerprint density at radius 2 is 1.95 bits per heavy atom. The molecule has 5 nitrogen and oxygen atoms in total. The second-order valence-electron chi connectivity index (χ2n) is 5.97. The SMILES string of the molecule is CC1(C)CCN(C(=O)N[C@H](C(=O)O)c2ccccc2)C1. The van der Waals surface area contributed by atoms with E-state index in [1.807, 2.05) is 6.07 Å². The molecule has 0 radical (unpaired) electrons. The van der Waals surface area contributed by atoms with Gasteiger partial charge in [0.2, 0.25) is 0 Å². The molecule has 0 spiro atoms. The molecule has 1 heterocycles. The number of carboxylic acids is 1. The fraction of sp³-hybridized carbons (Fsp3) is 0.467. The summed E-state index contributed by atoms with van der Waals surface area (Å²) in [6.45, 7) is 5.53. The van der Waals surface area contributed by atoms with Crippen LogP contribution in [0.15, 0.2) is 30.3 Å². The topological polar surface area (TPSA) is 69.6 Å². The van der Waals surface area contributed by atoms with E-state index < -0.39 is 12.0 Å². The highest BCUT2D eigenvalue weighted by molar-refractivity contribution is 5.83. The first kappa shape index (κ1) is 14.4. The number of rotatable bonds is 3. The number of hydrogen-bond acceptors (Lipinski definition) is 2. The number of benzene rings is 1. The number of nitrogens with zero attached hydrogens (tertiary/aromatic N) is 1. The van der Waals surface area contributed by atoms with E-state index >= 15 is 0 Å². The summed E-state index contributed by atoms with van der Waals surface area (Å²) in [6, 6.07) is 7.42. The summed E-state index contributed by atoms with van der Waals surface area (Å²) in [5.74, 6) is -1.05. The minimum atomic E-state index is -1.05. The minimum absolute atomic E-state index is 0.100. The molecule has 1 aliphatic heterocycles. The fourth-order valence-corrected chi connectivity index (χ4v) is 2.43. The van der Waals surface area contributed by atoms with Crippen LogP contribution in [0, 0.1) is 5.41 Å². The predicted molar refractivity (Wildman–Crippen MR) is 75.3 cm³/mol. The zero-order valence-electron chi connectivity index (χ0n) is 11.8. The molecule has 2 rings (SSSR count). The van der Waals surface area contributed by atoms with Gasteiger partial charge in [0, 0.05) is 13.1 Å². The normalized spacial score (nSPS) is 18.6. The van der Waals surface area contributed by atoms with Gasteiger partial charge in [0.25, 0.3) is 0 Å². The van der Waals surface area contributed by atoms with Gasteiger partial charge in [0.05, 0.1) is 0 Å². The van der Waals surface area contributed by atoms with Crippen molar-refractivity contribution in [3.63, 3.8) is 0 Å². The lowest BCUT2D eigenvalue weighted by Crippen LogP contribution is -2.43. The van der Waals surface area contributed by atoms with E-state index in [9.17, 15) is 14.7 Å². The third kappa shape index (κ3) is 3.29. The lowest BCUT2D eigenvalue weighted by molar-refractivity contribution is -0.139. The third-order valence-electron chi connectivity index (χ3n) is 3.61. The van der Waals surface area contributed by atoms with Crippen LogP contribution in [0.1, 0.15) is 31.9 Å². The van der Waals surface area contributed by atoms with Crippen LogP contribution >= 0.6 is 0 Å². The standard InChI is InChI=1S/C15H20N2O3/c1-15(2)8-9-17(10-15)14(20)16-12(13(18)19)11-6-4-3-5-7-11/h3-7,12H,8-10H2,1-2H3,(H,16,20)(H,18,19)/t12-/m0/s1. The molecule has 0 saturated carbocycles. The van der Waals surface area contributed by atoms with E-state index in [1.54, 1.807) is 29.2 Å². The van der Waals surface area contributed by atoms with Crippen molar-refractivity contribution < 1.29 is 14.7 Å². The van der Waals surface area contributed by atoms with Crippen molar-refractivity contribution >= 4 is 12.0 Å². The Morgan fingerprint density at radius 1 is 1.30 bits per heavy atom. The Morgan fingerprint density at radius 3 is 2.45 bits per heavy atom. The van der Waals surface area contributed by atoms with Crippen molar-refractivity contribution in [2.45, 2.75) is 26.3 Å². The molecule has 0 aliphatic carbocycles. The van der Waals surface area contributed by atoms with Crippen LogP contribution in [0.3, 0.4) is 0 Å². The van der Waals surface area contributed by atoms with Gasteiger partial charge >= 0.3 is 12.0 Å². The molecule has 1 fully saturated rings. The molecular formula is C15H20N2O3. The molecule has 0 aromatic heterocycles. The van der Waals surface area contributed by atoms with Gasteiger partial charge in [-0.15, -0.1) is 0 Å². The van der Waals surface area contributed by atoms with Gasteiger partial charge in [-0.3, -0.25) is 0 Å². The summed E-state index contributed by atoms with van der Waals surface area (Å²) in [4.78, 5) is 25.2. The molecule has 2 N–H and O–H groups in total. The van der Waals surface area contributed by atoms with Gasteiger partial charge in [-0.2, -0.15) is 0 Å². The smallest absolute Gasteiger partial charge is 0.330 e. The van der Waals surface area contributed by atoms with E-state index in [0.29, 0.717) is 18.7 Å². The van der Waals surface area contributed by atoms with Crippen molar-refractivity contribution in [1.29, 1.82) is 0 Å². The van der Waals surface area contributed by atoms with Crippen molar-refractivity contribution in [3.8, 4) is 0 Å². The van der Waals surface area contributed by atoms with E-state index in [4.69, 9.17) is 0 Å². The Labute approximate surface area is 118 Å². The van der Waals surface area contributed by atoms with Crippen LogP contribution in [0.4, 0.5) is 4.79 Å². The maximum Gasteiger partial charge on any atom is 0.330 e. The molecule has 108 valence electrons. The van der Waals surface area contributed by atoms with Crippen LogP contribution < -0.4 is 5.32 Å². The predicted octanol–water partition coefficient (Wildman–Crippen LogP) is 2.25. The number of aliphatic carboxylic acids is 1. The summed E-state index contributed by atoms with van der Waals surface area (Å²) >= 11 is 0. The lowest BCUT2D eigenvalue weighted by atomic mass is 9.93. The maximum atomic E-state index is 12.2. The van der Waals surface area contributed by atoms with E-state index in [0.717, 1.165) is 6.42 Å². The first-order valence-electron chi connectivity index (χ1n) is 6.72. The second kappa shape index (κ2) is 5.53. The van der Waals surface area contributed by atoms with Crippen molar-refractivity contribution in [2.24, 2.45) is 5.41 Å². The Kier molecular flexibility index (Phi) is 3.97. The number of urea groups is 1. The second-order valence-corrected chi connectivity index (χ2v) is 5.97. The number of carbonyl (C=O) groups excluding carboxylic acids is 1. The average Bonchev–Trinajstić information content (AvgIpc) is 2.77. The van der Waals surface area contributed by atoms with Crippen LogP contribution in [0.25, 0.3) is 0 Å². The molecule has 1 atom stereocenters. The molecule has 20 heavy (non-hydrogen) atoms. The zero-order chi connectivity index (χ0) is 14.8. The van der Waals surface area contributed by atoms with Crippen LogP contribution in [0.5, 0.6) is 0 Å². The first-order chi connectivity index (χ1) is 9.39. The molecule has 1 saturated heterocycles. The largest absolute Gasteiger partial charge is 0.479 e. The highest BCUT2D eigenvalue weighted by atomic mass is 16.4. The number of carbonyl (C=O) groups is 2. The number of amides is 2. The van der Waals surface area contributed by atoms with E-state index in [2.05, 4.69) is 19.2 Å². The Hall–Kier alpha value is -2.04. The molecule has 1 aliphatic rings. The number of hydrogen-bond donors (Lipinski definition) is 2.